The smallest absolute Gasteiger partial charge is 0.264 e. The van der Waals surface area contributed by atoms with E-state index in [-0.39, 0.29) is 5.91 Å². The molecule has 0 bridgehead atoms. The number of anilines is 1. The van der Waals surface area contributed by atoms with E-state index in [4.69, 9.17) is 11.6 Å². The fourth-order valence-corrected chi connectivity index (χ4v) is 3.79. The number of nitrogens with zero attached hydrogens (tertiary/aromatic N) is 4. The molecule has 4 rings (SSSR count). The number of halogens is 1. The van der Waals surface area contributed by atoms with E-state index in [1.165, 1.54) is 11.3 Å². The van der Waals surface area contributed by atoms with Crippen LogP contribution in [0.15, 0.2) is 41.8 Å². The van der Waals surface area contributed by atoms with Crippen LogP contribution >= 0.6 is 22.9 Å². The van der Waals surface area contributed by atoms with Crippen molar-refractivity contribution in [2.45, 2.75) is 0 Å². The van der Waals surface area contributed by atoms with Gasteiger partial charge < -0.3 is 9.80 Å². The van der Waals surface area contributed by atoms with Gasteiger partial charge in [-0.15, -0.1) is 11.3 Å². The van der Waals surface area contributed by atoms with E-state index in [0.717, 1.165) is 15.9 Å². The molecule has 0 aliphatic carbocycles. The van der Waals surface area contributed by atoms with Gasteiger partial charge >= 0.3 is 0 Å². The van der Waals surface area contributed by atoms with Gasteiger partial charge in [-0.2, -0.15) is 0 Å². The highest BCUT2D eigenvalue weighted by molar-refractivity contribution is 7.12. The zero-order valence-corrected chi connectivity index (χ0v) is 14.4. The molecular weight excluding hydrogens is 344 g/mol. The molecule has 1 amide bonds. The zero-order chi connectivity index (χ0) is 16.5. The summed E-state index contributed by atoms with van der Waals surface area (Å²) in [5, 5.41) is 2.33. The predicted molar refractivity (Wildman–Crippen MR) is 97.0 cm³/mol. The molecule has 5 nitrogen and oxygen atoms in total. The molecule has 7 heteroatoms. The normalized spacial score (nSPS) is 15.0. The molecule has 0 radical (unpaired) electrons. The third-order valence-electron chi connectivity index (χ3n) is 4.11. The summed E-state index contributed by atoms with van der Waals surface area (Å²) in [6, 6.07) is 11.5. The van der Waals surface area contributed by atoms with Crippen LogP contribution in [0, 0.1) is 0 Å². The molecular formula is C17H15ClN4OS. The number of carbonyl (C=O) groups is 1. The molecule has 1 saturated heterocycles. The van der Waals surface area contributed by atoms with Crippen LogP contribution in [-0.2, 0) is 0 Å². The van der Waals surface area contributed by atoms with E-state index in [9.17, 15) is 4.79 Å². The van der Waals surface area contributed by atoms with Crippen molar-refractivity contribution in [1.82, 2.24) is 14.9 Å². The number of amides is 1. The lowest BCUT2D eigenvalue weighted by Crippen LogP contribution is -2.49. The molecule has 0 saturated carbocycles. The summed E-state index contributed by atoms with van der Waals surface area (Å²) >= 11 is 7.80. The Bertz CT molecular complexity index is 875. The molecule has 3 heterocycles. The number of carbonyl (C=O) groups excluding carboxylic acids is 1. The van der Waals surface area contributed by atoms with Gasteiger partial charge in [0.25, 0.3) is 5.91 Å². The second kappa shape index (κ2) is 6.37. The molecule has 0 unspecified atom stereocenters. The van der Waals surface area contributed by atoms with Gasteiger partial charge in [0, 0.05) is 26.2 Å². The first kappa shape index (κ1) is 15.4. The van der Waals surface area contributed by atoms with Crippen molar-refractivity contribution in [3.8, 4) is 0 Å². The minimum Gasteiger partial charge on any atom is -0.350 e. The molecule has 0 atom stereocenters. The number of piperazine rings is 1. The summed E-state index contributed by atoms with van der Waals surface area (Å²) in [6.07, 6.45) is 0. The Kier molecular flexibility index (Phi) is 4.08. The maximum Gasteiger partial charge on any atom is 0.264 e. The minimum absolute atomic E-state index is 0.0975. The van der Waals surface area contributed by atoms with Gasteiger partial charge in [-0.1, -0.05) is 29.8 Å². The van der Waals surface area contributed by atoms with Crippen molar-refractivity contribution in [2.24, 2.45) is 0 Å². The Morgan fingerprint density at radius 3 is 2.38 bits per heavy atom. The SMILES string of the molecule is O=C(c1cccs1)N1CCN(c2nc3ccccc3nc2Cl)CC1. The van der Waals surface area contributed by atoms with Gasteiger partial charge in [0.2, 0.25) is 0 Å². The minimum atomic E-state index is 0.0975. The Morgan fingerprint density at radius 1 is 1.00 bits per heavy atom. The van der Waals surface area contributed by atoms with Crippen LogP contribution in [0.25, 0.3) is 11.0 Å². The molecule has 1 aromatic carbocycles. The Labute approximate surface area is 148 Å². The Hall–Kier alpha value is -2.18. The lowest BCUT2D eigenvalue weighted by molar-refractivity contribution is 0.0751. The Morgan fingerprint density at radius 2 is 1.71 bits per heavy atom. The summed E-state index contributed by atoms with van der Waals surface area (Å²) in [5.41, 5.74) is 1.62. The average molecular weight is 359 g/mol. The fraction of sp³-hybridized carbons (Fsp3) is 0.235. The number of para-hydroxylation sites is 2. The number of rotatable bonds is 2. The quantitative estimate of drug-likeness (QED) is 0.705. The molecule has 24 heavy (non-hydrogen) atoms. The van der Waals surface area contributed by atoms with Gasteiger partial charge in [-0.25, -0.2) is 9.97 Å². The zero-order valence-electron chi connectivity index (χ0n) is 12.9. The average Bonchev–Trinajstić information content (AvgIpc) is 3.15. The third-order valence-corrected chi connectivity index (χ3v) is 5.22. The van der Waals surface area contributed by atoms with E-state index >= 15 is 0 Å². The van der Waals surface area contributed by atoms with Crippen molar-refractivity contribution < 1.29 is 4.79 Å². The second-order valence-corrected chi connectivity index (χ2v) is 6.89. The molecule has 1 fully saturated rings. The van der Waals surface area contributed by atoms with Crippen LogP contribution in [-0.4, -0.2) is 47.0 Å². The van der Waals surface area contributed by atoms with Gasteiger partial charge in [0.05, 0.1) is 15.9 Å². The van der Waals surface area contributed by atoms with Crippen molar-refractivity contribution in [3.63, 3.8) is 0 Å². The number of hydrogen-bond donors (Lipinski definition) is 0. The fourth-order valence-electron chi connectivity index (χ4n) is 2.85. The highest BCUT2D eigenvalue weighted by atomic mass is 35.5. The number of fused-ring (bicyclic) bond motifs is 1. The third kappa shape index (κ3) is 2.83. The molecule has 1 aliphatic rings. The summed E-state index contributed by atoms with van der Waals surface area (Å²) in [4.78, 5) is 26.2. The molecule has 1 aliphatic heterocycles. The van der Waals surface area contributed by atoms with Gasteiger partial charge in [-0.05, 0) is 23.6 Å². The highest BCUT2D eigenvalue weighted by Crippen LogP contribution is 2.26. The number of aromatic nitrogens is 2. The van der Waals surface area contributed by atoms with E-state index in [2.05, 4.69) is 14.9 Å². The van der Waals surface area contributed by atoms with Gasteiger partial charge in [-0.3, -0.25) is 4.79 Å². The number of thiophene rings is 1. The van der Waals surface area contributed by atoms with Crippen LogP contribution in [0.5, 0.6) is 0 Å². The predicted octanol–water partition coefficient (Wildman–Crippen LogP) is 3.31. The van der Waals surface area contributed by atoms with Crippen LogP contribution in [0.4, 0.5) is 5.82 Å². The van der Waals surface area contributed by atoms with E-state index in [0.29, 0.717) is 37.1 Å². The molecule has 2 aromatic heterocycles. The van der Waals surface area contributed by atoms with Crippen molar-refractivity contribution in [2.75, 3.05) is 31.1 Å². The molecule has 3 aromatic rings. The lowest BCUT2D eigenvalue weighted by Gasteiger charge is -2.35. The first-order valence-corrected chi connectivity index (χ1v) is 8.98. The highest BCUT2D eigenvalue weighted by Gasteiger charge is 2.25. The Balaban J connectivity index is 1.51. The molecule has 0 spiro atoms. The van der Waals surface area contributed by atoms with E-state index in [1.807, 2.05) is 46.7 Å². The lowest BCUT2D eigenvalue weighted by atomic mass is 10.2. The topological polar surface area (TPSA) is 49.3 Å². The first-order valence-electron chi connectivity index (χ1n) is 7.72. The van der Waals surface area contributed by atoms with Crippen molar-refractivity contribution in [3.05, 3.63) is 51.8 Å². The van der Waals surface area contributed by atoms with Crippen LogP contribution in [0.1, 0.15) is 9.67 Å². The maximum atomic E-state index is 12.4. The monoisotopic (exact) mass is 358 g/mol. The number of benzene rings is 1. The molecule has 0 N–H and O–H groups in total. The molecule has 122 valence electrons. The summed E-state index contributed by atoms with van der Waals surface area (Å²) < 4.78 is 0. The van der Waals surface area contributed by atoms with Crippen molar-refractivity contribution >= 4 is 45.7 Å². The van der Waals surface area contributed by atoms with E-state index in [1.54, 1.807) is 0 Å². The van der Waals surface area contributed by atoms with Gasteiger partial charge in [0.15, 0.2) is 11.0 Å². The maximum absolute atomic E-state index is 12.4. The second-order valence-electron chi connectivity index (χ2n) is 5.58. The summed E-state index contributed by atoms with van der Waals surface area (Å²) in [6.45, 7) is 2.71. The van der Waals surface area contributed by atoms with E-state index < -0.39 is 0 Å². The van der Waals surface area contributed by atoms with Crippen LogP contribution < -0.4 is 4.90 Å². The largest absolute Gasteiger partial charge is 0.350 e. The van der Waals surface area contributed by atoms with Crippen molar-refractivity contribution in [1.29, 1.82) is 0 Å². The first-order chi connectivity index (χ1) is 11.7. The standard InChI is InChI=1S/C17H15ClN4OS/c18-15-16(20-13-5-2-1-4-12(13)19-15)21-7-9-22(10-8-21)17(23)14-6-3-11-24-14/h1-6,11H,7-10H2. The van der Waals surface area contributed by atoms with Gasteiger partial charge in [0.1, 0.15) is 0 Å². The van der Waals surface area contributed by atoms with Crippen LogP contribution in [0.2, 0.25) is 5.15 Å². The summed E-state index contributed by atoms with van der Waals surface area (Å²) in [5.74, 6) is 0.791. The summed E-state index contributed by atoms with van der Waals surface area (Å²) in [7, 11) is 0. The number of hydrogen-bond acceptors (Lipinski definition) is 5. The van der Waals surface area contributed by atoms with Crippen LogP contribution in [0.3, 0.4) is 0 Å².